The Kier molecular flexibility index (Phi) is 5.50. The van der Waals surface area contributed by atoms with Crippen molar-refractivity contribution >= 4 is 45.0 Å². The van der Waals surface area contributed by atoms with Gasteiger partial charge >= 0.3 is 11.8 Å². The molecular formula is C22H22N4O3S. The number of carbonyl (C=O) groups excluding carboxylic acids is 3. The first-order chi connectivity index (χ1) is 14.4. The van der Waals surface area contributed by atoms with Gasteiger partial charge in [-0.1, -0.05) is 6.07 Å². The number of primary amides is 1. The molecule has 3 N–H and O–H groups in total. The second-order valence-corrected chi connectivity index (χ2v) is 8.52. The van der Waals surface area contributed by atoms with Crippen molar-refractivity contribution in [3.63, 3.8) is 0 Å². The van der Waals surface area contributed by atoms with Crippen LogP contribution in [0.3, 0.4) is 0 Å². The van der Waals surface area contributed by atoms with Crippen LogP contribution < -0.4 is 11.1 Å². The number of fused-ring (bicyclic) bond motifs is 1. The minimum absolute atomic E-state index is 0.226. The molecule has 4 rings (SSSR count). The van der Waals surface area contributed by atoms with Gasteiger partial charge in [-0.3, -0.25) is 14.4 Å². The monoisotopic (exact) mass is 422 g/mol. The van der Waals surface area contributed by atoms with E-state index in [2.05, 4.69) is 23.3 Å². The van der Waals surface area contributed by atoms with Crippen molar-refractivity contribution in [3.8, 4) is 10.6 Å². The maximum atomic E-state index is 12.4. The molecule has 1 aromatic heterocycles. The standard InChI is InChI=1S/C22H22N4O3S/c1-13-2-7-17-18(12-13)30-21(25-17)15-3-5-16(6-4-15)24-20(28)22(29)26-10-8-14(9-11-26)19(23)27/h2-7,12,14H,8-11H2,1H3,(H2,23,27)(H,24,28). The SMILES string of the molecule is Cc1ccc2nc(-c3ccc(NC(=O)C(=O)N4CCC(C(N)=O)CC4)cc3)sc2c1. The normalized spacial score (nSPS) is 14.6. The molecule has 0 atom stereocenters. The van der Waals surface area contributed by atoms with Crippen molar-refractivity contribution in [2.75, 3.05) is 18.4 Å². The van der Waals surface area contributed by atoms with Crippen molar-refractivity contribution < 1.29 is 14.4 Å². The molecule has 3 aromatic rings. The van der Waals surface area contributed by atoms with Gasteiger partial charge in [0.05, 0.1) is 10.2 Å². The second-order valence-electron chi connectivity index (χ2n) is 7.49. The molecule has 30 heavy (non-hydrogen) atoms. The summed E-state index contributed by atoms with van der Waals surface area (Å²) in [7, 11) is 0. The molecule has 0 unspecified atom stereocenters. The van der Waals surface area contributed by atoms with Crippen LogP contribution in [0.2, 0.25) is 0 Å². The number of thiazole rings is 1. The molecule has 0 radical (unpaired) electrons. The van der Waals surface area contributed by atoms with Crippen molar-refractivity contribution in [1.82, 2.24) is 9.88 Å². The van der Waals surface area contributed by atoms with E-state index in [1.165, 1.54) is 10.5 Å². The molecule has 1 saturated heterocycles. The van der Waals surface area contributed by atoms with Crippen molar-refractivity contribution in [3.05, 3.63) is 48.0 Å². The minimum Gasteiger partial charge on any atom is -0.369 e. The third-order valence-electron chi connectivity index (χ3n) is 5.31. The third kappa shape index (κ3) is 4.18. The molecule has 154 valence electrons. The molecule has 0 aliphatic carbocycles. The number of benzene rings is 2. The van der Waals surface area contributed by atoms with Crippen molar-refractivity contribution in [2.24, 2.45) is 11.7 Å². The summed E-state index contributed by atoms with van der Waals surface area (Å²) in [5, 5.41) is 3.55. The number of piperidine rings is 1. The number of aryl methyl sites for hydroxylation is 1. The lowest BCUT2D eigenvalue weighted by Crippen LogP contribution is -2.46. The Bertz CT molecular complexity index is 1120. The van der Waals surface area contributed by atoms with E-state index in [1.54, 1.807) is 23.5 Å². The van der Waals surface area contributed by atoms with Gasteiger partial charge in [-0.25, -0.2) is 4.98 Å². The highest BCUT2D eigenvalue weighted by Crippen LogP contribution is 2.31. The van der Waals surface area contributed by atoms with Gasteiger partial charge in [0.15, 0.2) is 0 Å². The zero-order valence-corrected chi connectivity index (χ0v) is 17.4. The number of anilines is 1. The summed E-state index contributed by atoms with van der Waals surface area (Å²) in [4.78, 5) is 42.1. The third-order valence-corrected chi connectivity index (χ3v) is 6.38. The molecule has 0 saturated carbocycles. The molecule has 7 nitrogen and oxygen atoms in total. The van der Waals surface area contributed by atoms with Crippen molar-refractivity contribution in [1.29, 1.82) is 0 Å². The Morgan fingerprint density at radius 2 is 1.80 bits per heavy atom. The summed E-state index contributed by atoms with van der Waals surface area (Å²) in [6.07, 6.45) is 0.982. The molecule has 1 aliphatic rings. The lowest BCUT2D eigenvalue weighted by molar-refractivity contribution is -0.144. The Balaban J connectivity index is 1.39. The van der Waals surface area contributed by atoms with Crippen LogP contribution in [-0.4, -0.2) is 40.7 Å². The number of nitrogens with two attached hydrogens (primary N) is 1. The van der Waals surface area contributed by atoms with Gasteiger partial charge in [0.2, 0.25) is 5.91 Å². The van der Waals surface area contributed by atoms with Crippen molar-refractivity contribution in [2.45, 2.75) is 19.8 Å². The summed E-state index contributed by atoms with van der Waals surface area (Å²) in [5.41, 5.74) is 8.96. The quantitative estimate of drug-likeness (QED) is 0.633. The lowest BCUT2D eigenvalue weighted by Gasteiger charge is -2.29. The second kappa shape index (κ2) is 8.23. The maximum Gasteiger partial charge on any atom is 0.313 e. The smallest absolute Gasteiger partial charge is 0.313 e. The zero-order valence-electron chi connectivity index (χ0n) is 16.6. The molecule has 0 bridgehead atoms. The lowest BCUT2D eigenvalue weighted by atomic mass is 9.96. The van der Waals surface area contributed by atoms with Crippen LogP contribution in [0.25, 0.3) is 20.8 Å². The van der Waals surface area contributed by atoms with Crippen LogP contribution in [0.4, 0.5) is 5.69 Å². The number of hydrogen-bond donors (Lipinski definition) is 2. The summed E-state index contributed by atoms with van der Waals surface area (Å²) < 4.78 is 1.13. The van der Waals surface area contributed by atoms with Crippen LogP contribution in [0.1, 0.15) is 18.4 Å². The molecule has 2 aromatic carbocycles. The number of likely N-dealkylation sites (tertiary alicyclic amines) is 1. The number of nitrogens with zero attached hydrogens (tertiary/aromatic N) is 2. The molecule has 0 spiro atoms. The van der Waals surface area contributed by atoms with Crippen LogP contribution in [-0.2, 0) is 14.4 Å². The molecule has 8 heteroatoms. The average Bonchev–Trinajstić information content (AvgIpc) is 3.17. The fourth-order valence-electron chi connectivity index (χ4n) is 3.55. The van der Waals surface area contributed by atoms with E-state index in [-0.39, 0.29) is 11.8 Å². The predicted octanol–water partition coefficient (Wildman–Crippen LogP) is 2.93. The molecule has 3 amide bonds. The van der Waals surface area contributed by atoms with Gasteiger partial charge in [-0.15, -0.1) is 11.3 Å². The van der Waals surface area contributed by atoms with Crippen LogP contribution in [0, 0.1) is 12.8 Å². The number of carbonyl (C=O) groups is 3. The Hall–Kier alpha value is -3.26. The van der Waals surface area contributed by atoms with Gasteiger partial charge in [0.25, 0.3) is 0 Å². The topological polar surface area (TPSA) is 105 Å². The first-order valence-electron chi connectivity index (χ1n) is 9.78. The summed E-state index contributed by atoms with van der Waals surface area (Å²) in [6.45, 7) is 2.77. The zero-order chi connectivity index (χ0) is 21.3. The Morgan fingerprint density at radius 3 is 2.47 bits per heavy atom. The van der Waals surface area contributed by atoms with E-state index in [0.29, 0.717) is 31.6 Å². The Morgan fingerprint density at radius 1 is 1.10 bits per heavy atom. The van der Waals surface area contributed by atoms with E-state index >= 15 is 0 Å². The fraction of sp³-hybridized carbons (Fsp3) is 0.273. The number of amides is 3. The Labute approximate surface area is 177 Å². The molecule has 1 aliphatic heterocycles. The number of aromatic nitrogens is 1. The first kappa shape index (κ1) is 20.0. The average molecular weight is 423 g/mol. The van der Waals surface area contributed by atoms with Crippen LogP contribution >= 0.6 is 11.3 Å². The minimum atomic E-state index is -0.685. The fourth-order valence-corrected chi connectivity index (χ4v) is 4.62. The van der Waals surface area contributed by atoms with Gasteiger partial charge < -0.3 is 16.0 Å². The van der Waals surface area contributed by atoms with Gasteiger partial charge in [-0.2, -0.15) is 0 Å². The van der Waals surface area contributed by atoms with E-state index in [9.17, 15) is 14.4 Å². The molecule has 2 heterocycles. The summed E-state index contributed by atoms with van der Waals surface area (Å²) >= 11 is 1.62. The van der Waals surface area contributed by atoms with Crippen LogP contribution in [0.5, 0.6) is 0 Å². The highest BCUT2D eigenvalue weighted by atomic mass is 32.1. The molecular weight excluding hydrogens is 400 g/mol. The largest absolute Gasteiger partial charge is 0.369 e. The highest BCUT2D eigenvalue weighted by molar-refractivity contribution is 7.21. The van der Waals surface area contributed by atoms with E-state index < -0.39 is 11.8 Å². The summed E-state index contributed by atoms with van der Waals surface area (Å²) in [5.74, 6) is -1.86. The van der Waals surface area contributed by atoms with Gasteiger partial charge in [0.1, 0.15) is 5.01 Å². The van der Waals surface area contributed by atoms with Gasteiger partial charge in [-0.05, 0) is 61.7 Å². The molecule has 1 fully saturated rings. The van der Waals surface area contributed by atoms with Crippen LogP contribution in [0.15, 0.2) is 42.5 Å². The number of hydrogen-bond acceptors (Lipinski definition) is 5. The van der Waals surface area contributed by atoms with Gasteiger partial charge in [0, 0.05) is 30.3 Å². The number of rotatable bonds is 3. The summed E-state index contributed by atoms with van der Waals surface area (Å²) in [6, 6.07) is 13.4. The highest BCUT2D eigenvalue weighted by Gasteiger charge is 2.29. The number of nitrogens with one attached hydrogen (secondary N) is 1. The predicted molar refractivity (Wildman–Crippen MR) is 117 cm³/mol. The van der Waals surface area contributed by atoms with E-state index in [4.69, 9.17) is 5.73 Å². The maximum absolute atomic E-state index is 12.4. The van der Waals surface area contributed by atoms with E-state index in [1.807, 2.05) is 24.3 Å². The van der Waals surface area contributed by atoms with E-state index in [0.717, 1.165) is 20.8 Å². The first-order valence-corrected chi connectivity index (χ1v) is 10.6.